The third-order valence-corrected chi connectivity index (χ3v) is 5.77. The van der Waals surface area contributed by atoms with Gasteiger partial charge in [-0.05, 0) is 93.4 Å². The Hall–Kier alpha value is -0.160. The average molecular weight is 460 g/mol. The molecule has 0 atom stereocenters. The fraction of sp³-hybridized carbons (Fsp3) is 1.00. The summed E-state index contributed by atoms with van der Waals surface area (Å²) < 4.78 is 5.21. The number of hydrogen-bond acceptors (Lipinski definition) is 4. The van der Waals surface area contributed by atoms with Gasteiger partial charge in [0.25, 0.3) is 0 Å². The number of hydrogen-bond donors (Lipinski definition) is 0. The number of morpholine rings is 1. The smallest absolute Gasteiger partial charge is 0.0594 e. The summed E-state index contributed by atoms with van der Waals surface area (Å²) in [5.41, 5.74) is 0. The minimum absolute atomic E-state index is 0.689. The van der Waals surface area contributed by atoms with Crippen LogP contribution in [0.25, 0.3) is 0 Å². The highest BCUT2D eigenvalue weighted by atomic mass is 16.5. The van der Waals surface area contributed by atoms with E-state index in [0.29, 0.717) is 6.04 Å². The lowest BCUT2D eigenvalue weighted by Crippen LogP contribution is -2.40. The van der Waals surface area contributed by atoms with E-state index in [2.05, 4.69) is 56.2 Å². The van der Waals surface area contributed by atoms with Gasteiger partial charge < -0.3 is 14.5 Å². The van der Waals surface area contributed by atoms with Gasteiger partial charge in [-0.15, -0.1) is 0 Å². The van der Waals surface area contributed by atoms with Crippen molar-refractivity contribution >= 4 is 0 Å². The maximum atomic E-state index is 5.21. The largest absolute Gasteiger partial charge is 0.379 e. The van der Waals surface area contributed by atoms with Crippen LogP contribution in [0.4, 0.5) is 0 Å². The van der Waals surface area contributed by atoms with Crippen molar-refractivity contribution in [1.29, 1.82) is 0 Å². The van der Waals surface area contributed by atoms with Gasteiger partial charge in [0.15, 0.2) is 0 Å². The van der Waals surface area contributed by atoms with Crippen molar-refractivity contribution in [3.63, 3.8) is 0 Å². The van der Waals surface area contributed by atoms with Crippen molar-refractivity contribution in [2.45, 2.75) is 133 Å². The summed E-state index contributed by atoms with van der Waals surface area (Å²) in [7, 11) is 0. The molecule has 4 nitrogen and oxygen atoms in total. The van der Waals surface area contributed by atoms with Crippen LogP contribution in [0.5, 0.6) is 0 Å². The molecule has 0 spiro atoms. The molecule has 0 aromatic rings. The van der Waals surface area contributed by atoms with Gasteiger partial charge in [0.1, 0.15) is 0 Å². The van der Waals surface area contributed by atoms with Gasteiger partial charge in [-0.3, -0.25) is 4.90 Å². The van der Waals surface area contributed by atoms with Crippen LogP contribution in [-0.2, 0) is 4.74 Å². The Bertz CT molecular complexity index is 295. The maximum absolute atomic E-state index is 5.21. The van der Waals surface area contributed by atoms with E-state index in [-0.39, 0.29) is 0 Å². The Balaban J connectivity index is -0.000000353. The summed E-state index contributed by atoms with van der Waals surface area (Å²) in [6.07, 6.45) is 7.11. The summed E-state index contributed by atoms with van der Waals surface area (Å²) in [5.74, 6) is 0. The van der Waals surface area contributed by atoms with Crippen molar-refractivity contribution in [1.82, 2.24) is 14.7 Å². The first-order valence-corrected chi connectivity index (χ1v) is 14.2. The minimum Gasteiger partial charge on any atom is -0.379 e. The summed E-state index contributed by atoms with van der Waals surface area (Å²) in [5, 5.41) is 0. The van der Waals surface area contributed by atoms with Crippen LogP contribution in [-0.4, -0.2) is 85.3 Å². The van der Waals surface area contributed by atoms with E-state index in [4.69, 9.17) is 4.74 Å². The summed E-state index contributed by atoms with van der Waals surface area (Å²) in [4.78, 5) is 7.52. The normalized spacial score (nSPS) is 19.2. The molecule has 0 aromatic carbocycles. The molecular weight excluding hydrogens is 394 g/mol. The molecule has 3 saturated heterocycles. The molecule has 0 aromatic heterocycles. The molecule has 3 heterocycles. The Morgan fingerprint density at radius 3 is 0.875 bits per heavy atom. The van der Waals surface area contributed by atoms with Crippen molar-refractivity contribution in [2.24, 2.45) is 0 Å². The van der Waals surface area contributed by atoms with E-state index < -0.39 is 0 Å². The quantitative estimate of drug-likeness (QED) is 0.445. The molecule has 198 valence electrons. The molecular formula is C28H65N3O. The van der Waals surface area contributed by atoms with Crippen LogP contribution < -0.4 is 0 Å². The molecule has 0 radical (unpaired) electrons. The van der Waals surface area contributed by atoms with Crippen LogP contribution in [0.15, 0.2) is 0 Å². The van der Waals surface area contributed by atoms with Crippen LogP contribution in [0.1, 0.15) is 115 Å². The van der Waals surface area contributed by atoms with E-state index >= 15 is 0 Å². The van der Waals surface area contributed by atoms with Crippen LogP contribution in [0, 0.1) is 0 Å². The number of ether oxygens (including phenoxy) is 1. The Labute approximate surface area is 205 Å². The molecule has 0 bridgehead atoms. The molecule has 3 aliphatic rings. The van der Waals surface area contributed by atoms with Gasteiger partial charge in [-0.25, -0.2) is 0 Å². The lowest BCUT2D eigenvalue weighted by Gasteiger charge is -2.29. The van der Waals surface area contributed by atoms with Crippen LogP contribution >= 0.6 is 0 Å². The van der Waals surface area contributed by atoms with Gasteiger partial charge in [0.2, 0.25) is 0 Å². The first kappa shape index (κ1) is 36.4. The maximum Gasteiger partial charge on any atom is 0.0594 e. The average Bonchev–Trinajstić information content (AvgIpc) is 3.41. The lowest BCUT2D eigenvalue weighted by molar-refractivity contribution is 0.0238. The Morgan fingerprint density at radius 1 is 0.406 bits per heavy atom. The van der Waals surface area contributed by atoms with E-state index in [1.165, 1.54) is 58.3 Å². The van der Waals surface area contributed by atoms with E-state index in [1.807, 2.05) is 41.5 Å². The SMILES string of the molecule is CC.CC.CC.CC(C)N1CCCC1.CC(C)N1CCCCC1.CC(C)N1CCOCC1. The molecule has 0 N–H and O–H groups in total. The first-order valence-electron chi connectivity index (χ1n) is 14.2. The molecule has 4 heteroatoms. The summed E-state index contributed by atoms with van der Waals surface area (Å²) >= 11 is 0. The van der Waals surface area contributed by atoms with Gasteiger partial charge in [0, 0.05) is 31.2 Å². The highest BCUT2D eigenvalue weighted by molar-refractivity contribution is 4.69. The van der Waals surface area contributed by atoms with Crippen molar-refractivity contribution < 1.29 is 4.74 Å². The molecule has 3 fully saturated rings. The molecule has 0 aliphatic carbocycles. The van der Waals surface area contributed by atoms with Crippen LogP contribution in [0.3, 0.4) is 0 Å². The number of piperidine rings is 1. The fourth-order valence-corrected chi connectivity index (χ4v) is 3.79. The monoisotopic (exact) mass is 460 g/mol. The zero-order chi connectivity index (χ0) is 25.4. The van der Waals surface area contributed by atoms with Gasteiger partial charge >= 0.3 is 0 Å². The zero-order valence-corrected chi connectivity index (χ0v) is 24.7. The predicted octanol–water partition coefficient (Wildman–Crippen LogP) is 7.18. The third kappa shape index (κ3) is 20.4. The van der Waals surface area contributed by atoms with Gasteiger partial charge in [-0.1, -0.05) is 48.0 Å². The van der Waals surface area contributed by atoms with Crippen molar-refractivity contribution in [3.8, 4) is 0 Å². The first-order chi connectivity index (χ1) is 15.4. The molecule has 0 amide bonds. The summed E-state index contributed by atoms with van der Waals surface area (Å²) in [6.45, 7) is 34.9. The second-order valence-electron chi connectivity index (χ2n) is 8.77. The van der Waals surface area contributed by atoms with E-state index in [0.717, 1.165) is 38.4 Å². The van der Waals surface area contributed by atoms with Gasteiger partial charge in [0.05, 0.1) is 13.2 Å². The second kappa shape index (κ2) is 27.1. The van der Waals surface area contributed by atoms with Crippen molar-refractivity contribution in [2.75, 3.05) is 52.5 Å². The zero-order valence-electron chi connectivity index (χ0n) is 24.7. The Morgan fingerprint density at radius 2 is 0.656 bits per heavy atom. The fourth-order valence-electron chi connectivity index (χ4n) is 3.79. The standard InChI is InChI=1S/C8H17N.C7H15NO.C7H15N.3C2H6/c1-8(2)9-6-4-3-5-7-9;1-7(2)8-3-5-9-6-4-8;1-7(2)8-5-3-4-6-8;3*1-2/h8H,3-7H2,1-2H3;7H,3-6H2,1-2H3;7H,3-6H2,1-2H3;3*1-2H3. The Kier molecular flexibility index (Phi) is 30.8. The topological polar surface area (TPSA) is 19.0 Å². The number of rotatable bonds is 3. The molecule has 3 rings (SSSR count). The third-order valence-electron chi connectivity index (χ3n) is 5.77. The molecule has 0 saturated carbocycles. The highest BCUT2D eigenvalue weighted by Crippen LogP contribution is 2.11. The van der Waals surface area contributed by atoms with E-state index in [1.54, 1.807) is 0 Å². The minimum atomic E-state index is 0.689. The molecule has 3 aliphatic heterocycles. The molecule has 32 heavy (non-hydrogen) atoms. The predicted molar refractivity (Wildman–Crippen MR) is 148 cm³/mol. The lowest BCUT2D eigenvalue weighted by atomic mass is 10.1. The highest BCUT2D eigenvalue weighted by Gasteiger charge is 2.13. The number of likely N-dealkylation sites (tertiary alicyclic amines) is 2. The van der Waals surface area contributed by atoms with E-state index in [9.17, 15) is 0 Å². The van der Waals surface area contributed by atoms with Gasteiger partial charge in [-0.2, -0.15) is 0 Å². The number of nitrogens with zero attached hydrogens (tertiary/aromatic N) is 3. The second-order valence-corrected chi connectivity index (χ2v) is 8.77. The summed E-state index contributed by atoms with van der Waals surface area (Å²) in [6, 6.07) is 2.23. The van der Waals surface area contributed by atoms with Crippen LogP contribution in [0.2, 0.25) is 0 Å². The molecule has 0 unspecified atom stereocenters. The van der Waals surface area contributed by atoms with Crippen molar-refractivity contribution in [3.05, 3.63) is 0 Å².